The maximum atomic E-state index is 5.18. The van der Waals surface area contributed by atoms with Crippen molar-refractivity contribution >= 4 is 28.6 Å². The molecule has 3 aromatic heterocycles. The number of aromatic amines is 1. The highest BCUT2D eigenvalue weighted by Gasteiger charge is 2.33. The Bertz CT molecular complexity index is 861. The predicted molar refractivity (Wildman–Crippen MR) is 100 cm³/mol. The molecular weight excluding hydrogens is 334 g/mol. The summed E-state index contributed by atoms with van der Waals surface area (Å²) in [5.74, 6) is 3.55. The number of anilines is 1. The third kappa shape index (κ3) is 3.28. The molecule has 1 N–H and O–H groups in total. The van der Waals surface area contributed by atoms with Crippen LogP contribution in [0.4, 0.5) is 5.82 Å². The van der Waals surface area contributed by atoms with Gasteiger partial charge in [0.1, 0.15) is 17.8 Å². The fraction of sp³-hybridized carbons (Fsp3) is 0.389. The predicted octanol–water partition coefficient (Wildman–Crippen LogP) is 3.37. The number of aromatic nitrogens is 4. The first-order valence-corrected chi connectivity index (χ1v) is 9.37. The molecule has 1 aliphatic carbocycles. The smallest absolute Gasteiger partial charge is 0.214 e. The molecule has 0 amide bonds. The Labute approximate surface area is 151 Å². The van der Waals surface area contributed by atoms with E-state index in [4.69, 9.17) is 4.74 Å². The van der Waals surface area contributed by atoms with Crippen LogP contribution < -0.4 is 9.64 Å². The molecular formula is C18H21N5OS. The molecule has 0 spiro atoms. The first kappa shape index (κ1) is 16.2. The highest BCUT2D eigenvalue weighted by molar-refractivity contribution is 7.99. The van der Waals surface area contributed by atoms with Crippen LogP contribution in [0.2, 0.25) is 0 Å². The SMILES string of the molecule is COc1cc(SC[C@H]2C[C@@H](N(C)c3ncnc4[nH]ccc34)C2)ccn1. The van der Waals surface area contributed by atoms with Gasteiger partial charge in [0.05, 0.1) is 12.5 Å². The van der Waals surface area contributed by atoms with Gasteiger partial charge in [-0.15, -0.1) is 11.8 Å². The minimum Gasteiger partial charge on any atom is -0.481 e. The highest BCUT2D eigenvalue weighted by Crippen LogP contribution is 2.38. The number of H-pyrrole nitrogens is 1. The third-order valence-electron chi connectivity index (χ3n) is 4.83. The van der Waals surface area contributed by atoms with E-state index in [1.807, 2.05) is 36.2 Å². The maximum absolute atomic E-state index is 5.18. The summed E-state index contributed by atoms with van der Waals surface area (Å²) in [6.45, 7) is 0. The molecule has 7 heteroatoms. The molecule has 130 valence electrons. The van der Waals surface area contributed by atoms with Gasteiger partial charge >= 0.3 is 0 Å². The van der Waals surface area contributed by atoms with E-state index in [2.05, 4.69) is 31.9 Å². The van der Waals surface area contributed by atoms with E-state index in [0.717, 1.165) is 28.5 Å². The minimum atomic E-state index is 0.547. The van der Waals surface area contributed by atoms with E-state index in [1.54, 1.807) is 19.6 Å². The second-order valence-electron chi connectivity index (χ2n) is 6.38. The normalized spacial score (nSPS) is 19.6. The van der Waals surface area contributed by atoms with Crippen LogP contribution in [0.1, 0.15) is 12.8 Å². The molecule has 1 saturated carbocycles. The van der Waals surface area contributed by atoms with Gasteiger partial charge in [0.25, 0.3) is 0 Å². The standard InChI is InChI=1S/C18H21N5OS/c1-23(18-15-4-6-20-17(15)21-11-22-18)13-7-12(8-13)10-25-14-3-5-19-16(9-14)24-2/h3-6,9,11-13H,7-8,10H2,1-2H3,(H,20,21,22)/t12-,13+. The van der Waals surface area contributed by atoms with Crippen molar-refractivity contribution in [1.82, 2.24) is 19.9 Å². The molecule has 3 heterocycles. The Morgan fingerprint density at radius 1 is 1.28 bits per heavy atom. The second-order valence-corrected chi connectivity index (χ2v) is 7.48. The van der Waals surface area contributed by atoms with Crippen LogP contribution >= 0.6 is 11.8 Å². The van der Waals surface area contributed by atoms with E-state index < -0.39 is 0 Å². The molecule has 1 aliphatic rings. The Kier molecular flexibility index (Phi) is 4.48. The van der Waals surface area contributed by atoms with Gasteiger partial charge in [0.2, 0.25) is 5.88 Å². The van der Waals surface area contributed by atoms with Crippen molar-refractivity contribution in [3.63, 3.8) is 0 Å². The van der Waals surface area contributed by atoms with Gasteiger partial charge in [-0.2, -0.15) is 0 Å². The Balaban J connectivity index is 1.33. The van der Waals surface area contributed by atoms with E-state index in [1.165, 1.54) is 17.7 Å². The fourth-order valence-electron chi connectivity index (χ4n) is 3.27. The molecule has 0 unspecified atom stereocenters. The van der Waals surface area contributed by atoms with Crippen molar-refractivity contribution < 1.29 is 4.74 Å². The summed E-state index contributed by atoms with van der Waals surface area (Å²) in [7, 11) is 3.79. The van der Waals surface area contributed by atoms with Crippen LogP contribution in [0.15, 0.2) is 41.8 Å². The zero-order valence-corrected chi connectivity index (χ0v) is 15.2. The van der Waals surface area contributed by atoms with E-state index in [0.29, 0.717) is 11.9 Å². The lowest BCUT2D eigenvalue weighted by Crippen LogP contribution is -2.43. The van der Waals surface area contributed by atoms with Gasteiger partial charge in [-0.1, -0.05) is 0 Å². The van der Waals surface area contributed by atoms with Crippen molar-refractivity contribution in [3.05, 3.63) is 36.9 Å². The number of pyridine rings is 1. The molecule has 0 aliphatic heterocycles. The largest absolute Gasteiger partial charge is 0.481 e. The number of thioether (sulfide) groups is 1. The lowest BCUT2D eigenvalue weighted by molar-refractivity contribution is 0.286. The van der Waals surface area contributed by atoms with Crippen LogP contribution in [0.3, 0.4) is 0 Å². The average Bonchev–Trinajstić information content (AvgIpc) is 3.09. The molecule has 6 nitrogen and oxygen atoms in total. The summed E-state index contributed by atoms with van der Waals surface area (Å²) in [6.07, 6.45) is 7.74. The first-order valence-electron chi connectivity index (χ1n) is 8.38. The zero-order valence-electron chi connectivity index (χ0n) is 14.3. The number of nitrogens with one attached hydrogen (secondary N) is 1. The van der Waals surface area contributed by atoms with Gasteiger partial charge < -0.3 is 14.6 Å². The summed E-state index contributed by atoms with van der Waals surface area (Å²) < 4.78 is 5.18. The van der Waals surface area contributed by atoms with Crippen molar-refractivity contribution in [3.8, 4) is 5.88 Å². The second kappa shape index (κ2) is 6.92. The number of fused-ring (bicyclic) bond motifs is 1. The molecule has 25 heavy (non-hydrogen) atoms. The number of ether oxygens (including phenoxy) is 1. The van der Waals surface area contributed by atoms with Crippen LogP contribution in [0.5, 0.6) is 5.88 Å². The van der Waals surface area contributed by atoms with Crippen molar-refractivity contribution in [2.75, 3.05) is 24.8 Å². The van der Waals surface area contributed by atoms with Gasteiger partial charge in [-0.05, 0) is 30.9 Å². The van der Waals surface area contributed by atoms with Crippen LogP contribution in [-0.2, 0) is 0 Å². The van der Waals surface area contributed by atoms with Crippen molar-refractivity contribution in [2.24, 2.45) is 5.92 Å². The first-order chi connectivity index (χ1) is 12.2. The topological polar surface area (TPSA) is 66.9 Å². The number of hydrogen-bond donors (Lipinski definition) is 1. The lowest BCUT2D eigenvalue weighted by atomic mass is 9.81. The summed E-state index contributed by atoms with van der Waals surface area (Å²) in [5, 5.41) is 1.09. The average molecular weight is 355 g/mol. The number of methoxy groups -OCH3 is 1. The highest BCUT2D eigenvalue weighted by atomic mass is 32.2. The molecule has 0 bridgehead atoms. The molecule has 0 radical (unpaired) electrons. The minimum absolute atomic E-state index is 0.547. The summed E-state index contributed by atoms with van der Waals surface area (Å²) in [6, 6.07) is 6.63. The van der Waals surface area contributed by atoms with Crippen molar-refractivity contribution in [2.45, 2.75) is 23.8 Å². The number of hydrogen-bond acceptors (Lipinski definition) is 6. The van der Waals surface area contributed by atoms with E-state index >= 15 is 0 Å². The summed E-state index contributed by atoms with van der Waals surface area (Å²) >= 11 is 1.88. The molecule has 0 atom stereocenters. The Morgan fingerprint density at radius 3 is 3.00 bits per heavy atom. The Hall–Kier alpha value is -2.28. The van der Waals surface area contributed by atoms with Crippen LogP contribution in [0.25, 0.3) is 11.0 Å². The van der Waals surface area contributed by atoms with Gasteiger partial charge in [0.15, 0.2) is 0 Å². The van der Waals surface area contributed by atoms with E-state index in [9.17, 15) is 0 Å². The van der Waals surface area contributed by atoms with E-state index in [-0.39, 0.29) is 0 Å². The Morgan fingerprint density at radius 2 is 2.16 bits per heavy atom. The summed E-state index contributed by atoms with van der Waals surface area (Å²) in [4.78, 5) is 19.6. The van der Waals surface area contributed by atoms with Gasteiger partial charge in [-0.25, -0.2) is 15.0 Å². The fourth-order valence-corrected chi connectivity index (χ4v) is 4.31. The monoisotopic (exact) mass is 355 g/mol. The number of rotatable bonds is 6. The lowest BCUT2D eigenvalue weighted by Gasteiger charge is -2.41. The molecule has 3 aromatic rings. The molecule has 4 rings (SSSR count). The third-order valence-corrected chi connectivity index (χ3v) is 6.05. The van der Waals surface area contributed by atoms with Gasteiger partial charge in [0, 0.05) is 42.2 Å². The summed E-state index contributed by atoms with van der Waals surface area (Å²) in [5.41, 5.74) is 0.898. The quantitative estimate of drug-likeness (QED) is 0.684. The molecule has 0 aromatic carbocycles. The number of nitrogens with zero attached hydrogens (tertiary/aromatic N) is 4. The van der Waals surface area contributed by atoms with Gasteiger partial charge in [-0.3, -0.25) is 0 Å². The van der Waals surface area contributed by atoms with Crippen LogP contribution in [0, 0.1) is 5.92 Å². The maximum Gasteiger partial charge on any atom is 0.214 e. The zero-order chi connectivity index (χ0) is 17.2. The molecule has 1 fully saturated rings. The van der Waals surface area contributed by atoms with Crippen molar-refractivity contribution in [1.29, 1.82) is 0 Å². The molecule has 0 saturated heterocycles. The van der Waals surface area contributed by atoms with Crippen LogP contribution in [-0.4, -0.2) is 45.9 Å².